The monoisotopic (exact) mass is 506 g/mol. The predicted molar refractivity (Wildman–Crippen MR) is 123 cm³/mol. The summed E-state index contributed by atoms with van der Waals surface area (Å²) >= 11 is 4.85. The van der Waals surface area contributed by atoms with Crippen LogP contribution in [0.1, 0.15) is 30.5 Å². The molecular weight excluding hydrogens is 484 g/mol. The van der Waals surface area contributed by atoms with E-state index in [9.17, 15) is 10.1 Å². The number of aromatic nitrogens is 3. The fourth-order valence-corrected chi connectivity index (χ4v) is 5.04. The summed E-state index contributed by atoms with van der Waals surface area (Å²) in [5, 5.41) is 20.0. The Labute approximate surface area is 193 Å². The summed E-state index contributed by atoms with van der Waals surface area (Å²) in [6, 6.07) is 13.3. The highest BCUT2D eigenvalue weighted by molar-refractivity contribution is 9.10. The standard InChI is InChI=1S/C21H23BrN4O4S/c1-4-29-18-11-16(17(22)12-19(18)30-5-2)20(13-25(27)28)31-21-24-23-14(3)26(21)15-9-7-6-8-10-15/h6-12,20H,4-5,13H2,1-3H3/t20-/m0/s1. The molecule has 0 spiro atoms. The minimum absolute atomic E-state index is 0.288. The molecule has 0 aliphatic carbocycles. The molecular formula is C21H23BrN4O4S. The maximum Gasteiger partial charge on any atom is 0.220 e. The molecule has 8 nitrogen and oxygen atoms in total. The molecule has 0 N–H and O–H groups in total. The minimum atomic E-state index is -0.523. The topological polar surface area (TPSA) is 92.3 Å². The van der Waals surface area contributed by atoms with Crippen molar-refractivity contribution in [3.63, 3.8) is 0 Å². The van der Waals surface area contributed by atoms with Crippen LogP contribution in [0.2, 0.25) is 0 Å². The molecule has 3 rings (SSSR count). The summed E-state index contributed by atoms with van der Waals surface area (Å²) in [4.78, 5) is 11.2. The third-order valence-corrected chi connectivity index (χ3v) is 6.23. The zero-order valence-corrected chi connectivity index (χ0v) is 19.9. The minimum Gasteiger partial charge on any atom is -0.490 e. The molecule has 0 radical (unpaired) electrons. The Morgan fingerprint density at radius 2 is 1.77 bits per heavy atom. The molecule has 31 heavy (non-hydrogen) atoms. The Bertz CT molecular complexity index is 1050. The van der Waals surface area contributed by atoms with Gasteiger partial charge in [-0.05, 0) is 50.6 Å². The smallest absolute Gasteiger partial charge is 0.220 e. The van der Waals surface area contributed by atoms with E-state index in [1.165, 1.54) is 11.8 Å². The van der Waals surface area contributed by atoms with E-state index in [0.29, 0.717) is 40.2 Å². The highest BCUT2D eigenvalue weighted by atomic mass is 79.9. The van der Waals surface area contributed by atoms with Crippen molar-refractivity contribution in [1.82, 2.24) is 14.8 Å². The van der Waals surface area contributed by atoms with Crippen LogP contribution in [-0.4, -0.2) is 39.4 Å². The first-order valence-corrected chi connectivity index (χ1v) is 11.5. The van der Waals surface area contributed by atoms with Crippen molar-refractivity contribution in [3.05, 3.63) is 68.4 Å². The van der Waals surface area contributed by atoms with Crippen molar-refractivity contribution in [2.24, 2.45) is 0 Å². The maximum atomic E-state index is 11.5. The summed E-state index contributed by atoms with van der Waals surface area (Å²) in [6.07, 6.45) is 0. The summed E-state index contributed by atoms with van der Waals surface area (Å²) in [5.41, 5.74) is 1.63. The molecule has 164 valence electrons. The SMILES string of the molecule is CCOc1cc(Br)c([C@H](C[N+](=O)[O-])Sc2nnc(C)n2-c2ccccc2)cc1OCC. The highest BCUT2D eigenvalue weighted by Gasteiger charge is 2.27. The number of hydrogen-bond acceptors (Lipinski definition) is 7. The Morgan fingerprint density at radius 3 is 2.39 bits per heavy atom. The first-order chi connectivity index (χ1) is 14.9. The van der Waals surface area contributed by atoms with E-state index in [4.69, 9.17) is 9.47 Å². The Balaban J connectivity index is 2.03. The number of ether oxygens (including phenoxy) is 2. The lowest BCUT2D eigenvalue weighted by atomic mass is 10.1. The number of hydrogen-bond donors (Lipinski definition) is 0. The average Bonchev–Trinajstić information content (AvgIpc) is 3.10. The van der Waals surface area contributed by atoms with E-state index >= 15 is 0 Å². The Morgan fingerprint density at radius 1 is 1.13 bits per heavy atom. The summed E-state index contributed by atoms with van der Waals surface area (Å²) in [7, 11) is 0. The fourth-order valence-electron chi connectivity index (χ4n) is 3.09. The van der Waals surface area contributed by atoms with E-state index in [-0.39, 0.29) is 11.5 Å². The summed E-state index contributed by atoms with van der Waals surface area (Å²) in [6.45, 7) is 6.28. The quantitative estimate of drug-likeness (QED) is 0.210. The van der Waals surface area contributed by atoms with Crippen LogP contribution >= 0.6 is 27.7 Å². The van der Waals surface area contributed by atoms with Gasteiger partial charge < -0.3 is 9.47 Å². The number of para-hydroxylation sites is 1. The first kappa shape index (κ1) is 23.1. The molecule has 10 heteroatoms. The van der Waals surface area contributed by atoms with Crippen molar-refractivity contribution >= 4 is 27.7 Å². The Hall–Kier alpha value is -2.59. The van der Waals surface area contributed by atoms with Gasteiger partial charge in [0, 0.05) is 15.1 Å². The van der Waals surface area contributed by atoms with Gasteiger partial charge in [-0.2, -0.15) is 0 Å². The van der Waals surface area contributed by atoms with E-state index < -0.39 is 5.25 Å². The third-order valence-electron chi connectivity index (χ3n) is 4.38. The van der Waals surface area contributed by atoms with Crippen LogP contribution in [0.25, 0.3) is 5.69 Å². The number of rotatable bonds is 10. The highest BCUT2D eigenvalue weighted by Crippen LogP contribution is 2.43. The van der Waals surface area contributed by atoms with Crippen LogP contribution in [0.3, 0.4) is 0 Å². The van der Waals surface area contributed by atoms with E-state index in [2.05, 4.69) is 26.1 Å². The van der Waals surface area contributed by atoms with Gasteiger partial charge >= 0.3 is 0 Å². The number of halogens is 1. The molecule has 1 heterocycles. The van der Waals surface area contributed by atoms with Gasteiger partial charge in [0.1, 0.15) is 11.1 Å². The van der Waals surface area contributed by atoms with Crippen LogP contribution < -0.4 is 9.47 Å². The summed E-state index contributed by atoms with van der Waals surface area (Å²) < 4.78 is 14.0. The molecule has 0 unspecified atom stereocenters. The Kier molecular flexibility index (Phi) is 7.91. The van der Waals surface area contributed by atoms with Gasteiger partial charge in [0.05, 0.1) is 13.2 Å². The average molecular weight is 507 g/mol. The van der Waals surface area contributed by atoms with Crippen molar-refractivity contribution < 1.29 is 14.4 Å². The normalized spacial score (nSPS) is 11.9. The second kappa shape index (κ2) is 10.6. The van der Waals surface area contributed by atoms with E-state index in [1.807, 2.05) is 55.7 Å². The van der Waals surface area contributed by atoms with Crippen LogP contribution in [-0.2, 0) is 0 Å². The molecule has 1 atom stereocenters. The molecule has 0 saturated carbocycles. The third kappa shape index (κ3) is 5.56. The zero-order valence-electron chi connectivity index (χ0n) is 17.4. The first-order valence-electron chi connectivity index (χ1n) is 9.79. The number of benzene rings is 2. The summed E-state index contributed by atoms with van der Waals surface area (Å²) in [5.74, 6) is 1.85. The second-order valence-electron chi connectivity index (χ2n) is 6.51. The van der Waals surface area contributed by atoms with E-state index in [1.54, 1.807) is 12.1 Å². The molecule has 0 fully saturated rings. The second-order valence-corrected chi connectivity index (χ2v) is 8.53. The molecule has 0 amide bonds. The van der Waals surface area contributed by atoms with E-state index in [0.717, 1.165) is 11.3 Å². The lowest BCUT2D eigenvalue weighted by Crippen LogP contribution is -2.12. The zero-order chi connectivity index (χ0) is 22.4. The van der Waals surface area contributed by atoms with Crippen molar-refractivity contribution in [3.8, 4) is 17.2 Å². The van der Waals surface area contributed by atoms with Gasteiger partial charge in [-0.25, -0.2) is 0 Å². The largest absolute Gasteiger partial charge is 0.490 e. The molecule has 1 aromatic heterocycles. The van der Waals surface area contributed by atoms with Crippen LogP contribution in [0.4, 0.5) is 0 Å². The number of nitrogens with zero attached hydrogens (tertiary/aromatic N) is 4. The molecule has 0 aliphatic heterocycles. The van der Waals surface area contributed by atoms with Gasteiger partial charge in [-0.1, -0.05) is 45.9 Å². The van der Waals surface area contributed by atoms with Crippen molar-refractivity contribution in [2.75, 3.05) is 19.8 Å². The lowest BCUT2D eigenvalue weighted by molar-refractivity contribution is -0.479. The number of aryl methyl sites for hydroxylation is 1. The lowest BCUT2D eigenvalue weighted by Gasteiger charge is -2.19. The van der Waals surface area contributed by atoms with Crippen LogP contribution in [0.5, 0.6) is 11.5 Å². The van der Waals surface area contributed by atoms with Crippen molar-refractivity contribution in [1.29, 1.82) is 0 Å². The molecule has 3 aromatic rings. The van der Waals surface area contributed by atoms with Gasteiger partial charge in [0.2, 0.25) is 6.54 Å². The van der Waals surface area contributed by atoms with Crippen LogP contribution in [0.15, 0.2) is 52.1 Å². The molecule has 2 aromatic carbocycles. The van der Waals surface area contributed by atoms with Crippen molar-refractivity contribution in [2.45, 2.75) is 31.2 Å². The predicted octanol–water partition coefficient (Wildman–Crippen LogP) is 5.25. The molecule has 0 saturated heterocycles. The van der Waals surface area contributed by atoms with Gasteiger partial charge in [-0.3, -0.25) is 14.7 Å². The van der Waals surface area contributed by atoms with Gasteiger partial charge in [0.25, 0.3) is 0 Å². The number of thioether (sulfide) groups is 1. The molecule has 0 bridgehead atoms. The number of nitro groups is 1. The fraction of sp³-hybridized carbons (Fsp3) is 0.333. The molecule has 0 aliphatic rings. The van der Waals surface area contributed by atoms with Gasteiger partial charge in [0.15, 0.2) is 16.7 Å². The van der Waals surface area contributed by atoms with Gasteiger partial charge in [-0.15, -0.1) is 10.2 Å². The maximum absolute atomic E-state index is 11.5. The van der Waals surface area contributed by atoms with Crippen LogP contribution in [0, 0.1) is 17.0 Å².